The van der Waals surface area contributed by atoms with Gasteiger partial charge in [0.05, 0.1) is 23.2 Å². The molecule has 1 saturated heterocycles. The van der Waals surface area contributed by atoms with Crippen molar-refractivity contribution in [1.29, 1.82) is 0 Å². The maximum absolute atomic E-state index is 12.6. The molecular formula is C16H18N5NaO8S3. The molecule has 0 bridgehead atoms. The molecule has 1 fully saturated rings. The van der Waals surface area contributed by atoms with Crippen LogP contribution in [0, 0.1) is 0 Å². The van der Waals surface area contributed by atoms with Crippen LogP contribution in [0.1, 0.15) is 12.1 Å². The van der Waals surface area contributed by atoms with E-state index in [2.05, 4.69) is 15.5 Å². The number of aliphatic carboxylic acids is 1. The predicted molar refractivity (Wildman–Crippen MR) is 112 cm³/mol. The third kappa shape index (κ3) is 5.87. The number of carbonyl (C=O) groups excluding carboxylic acids is 3. The van der Waals surface area contributed by atoms with E-state index >= 15 is 0 Å². The Morgan fingerprint density at radius 3 is 2.67 bits per heavy atom. The number of nitrogens with one attached hydrogen (secondary N) is 1. The number of nitrogens with zero attached hydrogens (tertiary/aromatic N) is 3. The SMILES string of the molecule is Nc1nc(/C(=N/O)C(=O)NC2C(=O)N3C(C(=O)[O-])=C(CS(=O)(=O)CCCO)CS[C@H]23)cs1.[Na+]. The number of fused-ring (bicyclic) bond motifs is 1. The van der Waals surface area contributed by atoms with Gasteiger partial charge in [-0.3, -0.25) is 14.5 Å². The van der Waals surface area contributed by atoms with Gasteiger partial charge in [-0.25, -0.2) is 13.4 Å². The summed E-state index contributed by atoms with van der Waals surface area (Å²) in [7, 11) is -3.71. The van der Waals surface area contributed by atoms with Gasteiger partial charge in [0.25, 0.3) is 11.8 Å². The molecule has 3 heterocycles. The second-order valence-electron chi connectivity index (χ2n) is 6.79. The minimum absolute atomic E-state index is 0. The molecule has 1 aromatic heterocycles. The quantitative estimate of drug-likeness (QED) is 0.0779. The molecule has 0 aliphatic carbocycles. The first-order chi connectivity index (χ1) is 15.1. The van der Waals surface area contributed by atoms with Gasteiger partial charge in [-0.1, -0.05) is 5.16 Å². The summed E-state index contributed by atoms with van der Waals surface area (Å²) in [5, 5.41) is 35.7. The van der Waals surface area contributed by atoms with E-state index in [-0.39, 0.29) is 70.5 Å². The van der Waals surface area contributed by atoms with Crippen LogP contribution >= 0.6 is 23.1 Å². The first kappa shape index (κ1) is 27.6. The number of hydrogen-bond acceptors (Lipinski definition) is 13. The van der Waals surface area contributed by atoms with Crippen molar-refractivity contribution in [3.8, 4) is 0 Å². The number of β-lactam (4-membered cyclic amide) rings is 1. The fourth-order valence-electron chi connectivity index (χ4n) is 3.22. The van der Waals surface area contributed by atoms with E-state index in [1.165, 1.54) is 5.38 Å². The standard InChI is InChI=1S/C16H19N5O8S3.Na/c17-16-18-8(5-31-16)9(20-27)12(23)19-10-13(24)21-11(15(25)26)7(4-30-14(10)21)6-32(28,29)3-1-2-22;/h5,10,14,22,27H,1-4,6H2,(H2,17,18)(H,19,23)(H,25,26);/q;+1/p-1/b20-9-;/t10?,14-;/m1./s1. The zero-order chi connectivity index (χ0) is 23.6. The summed E-state index contributed by atoms with van der Waals surface area (Å²) in [6.07, 6.45) is 0.00215. The van der Waals surface area contributed by atoms with Crippen molar-refractivity contribution in [2.45, 2.75) is 17.8 Å². The van der Waals surface area contributed by atoms with Gasteiger partial charge in [0, 0.05) is 17.7 Å². The fourth-order valence-corrected chi connectivity index (χ4v) is 6.73. The van der Waals surface area contributed by atoms with E-state index in [9.17, 15) is 27.9 Å². The van der Waals surface area contributed by atoms with E-state index in [4.69, 9.17) is 16.0 Å². The van der Waals surface area contributed by atoms with Crippen LogP contribution in [-0.4, -0.2) is 87.4 Å². The zero-order valence-corrected chi connectivity index (χ0v) is 21.7. The van der Waals surface area contributed by atoms with Gasteiger partial charge < -0.3 is 31.3 Å². The van der Waals surface area contributed by atoms with Crippen LogP contribution in [0.25, 0.3) is 0 Å². The van der Waals surface area contributed by atoms with E-state index in [1.54, 1.807) is 0 Å². The minimum atomic E-state index is -3.71. The maximum Gasteiger partial charge on any atom is 1.00 e. The number of hydrogen-bond donors (Lipinski definition) is 4. The number of carbonyl (C=O) groups is 3. The molecule has 1 unspecified atom stereocenters. The minimum Gasteiger partial charge on any atom is -0.543 e. The second kappa shape index (κ2) is 11.2. The van der Waals surface area contributed by atoms with Crippen LogP contribution in [0.2, 0.25) is 0 Å². The largest absolute Gasteiger partial charge is 1.00 e. The third-order valence-corrected chi connectivity index (χ3v) is 8.33. The summed E-state index contributed by atoms with van der Waals surface area (Å²) >= 11 is 2.08. The molecule has 174 valence electrons. The first-order valence-corrected chi connectivity index (χ1v) is 12.8. The van der Waals surface area contributed by atoms with Crippen LogP contribution in [-0.2, 0) is 24.2 Å². The smallest absolute Gasteiger partial charge is 0.543 e. The Bertz CT molecular complexity index is 1120. The Balaban J connectivity index is 0.00000385. The molecule has 13 nitrogen and oxygen atoms in total. The van der Waals surface area contributed by atoms with E-state index in [0.717, 1.165) is 28.0 Å². The second-order valence-corrected chi connectivity index (χ2v) is 11.0. The molecule has 0 spiro atoms. The fraction of sp³-hybridized carbons (Fsp3) is 0.438. The molecule has 2 aliphatic heterocycles. The number of aliphatic hydroxyl groups is 1. The summed E-state index contributed by atoms with van der Waals surface area (Å²) in [6, 6.07) is -1.14. The number of nitrogen functional groups attached to an aromatic ring is 1. The molecular weight excluding hydrogens is 509 g/mol. The van der Waals surface area contributed by atoms with Crippen molar-refractivity contribution in [3.05, 3.63) is 22.3 Å². The number of nitrogens with two attached hydrogens (primary N) is 1. The number of rotatable bonds is 9. The average molecular weight is 528 g/mol. The van der Waals surface area contributed by atoms with Crippen LogP contribution in [0.4, 0.5) is 5.13 Å². The third-order valence-electron chi connectivity index (χ3n) is 4.61. The van der Waals surface area contributed by atoms with Gasteiger partial charge in [-0.05, 0) is 12.0 Å². The summed E-state index contributed by atoms with van der Waals surface area (Å²) in [6.45, 7) is -0.332. The van der Waals surface area contributed by atoms with Crippen molar-refractivity contribution in [2.75, 3.05) is 29.6 Å². The number of amides is 2. The van der Waals surface area contributed by atoms with E-state index < -0.39 is 56.2 Å². The van der Waals surface area contributed by atoms with Crippen molar-refractivity contribution in [2.24, 2.45) is 5.16 Å². The number of thiazole rings is 1. The number of aliphatic hydroxyl groups excluding tert-OH is 1. The van der Waals surface area contributed by atoms with Crippen LogP contribution in [0.15, 0.2) is 21.8 Å². The van der Waals surface area contributed by atoms with Gasteiger partial charge in [-0.2, -0.15) is 0 Å². The van der Waals surface area contributed by atoms with Gasteiger partial charge in [-0.15, -0.1) is 23.1 Å². The Labute approximate surface area is 218 Å². The molecule has 2 aliphatic rings. The van der Waals surface area contributed by atoms with Crippen molar-refractivity contribution >= 4 is 61.6 Å². The molecule has 2 atom stereocenters. The molecule has 33 heavy (non-hydrogen) atoms. The molecule has 3 rings (SSSR count). The first-order valence-electron chi connectivity index (χ1n) is 9.03. The van der Waals surface area contributed by atoms with Gasteiger partial charge in [0.2, 0.25) is 0 Å². The number of oxime groups is 1. The number of aromatic nitrogens is 1. The normalized spacial score (nSPS) is 20.6. The van der Waals surface area contributed by atoms with Crippen LogP contribution in [0.3, 0.4) is 0 Å². The molecule has 0 radical (unpaired) electrons. The molecule has 1 aromatic rings. The van der Waals surface area contributed by atoms with Crippen LogP contribution < -0.4 is 45.7 Å². The van der Waals surface area contributed by atoms with Crippen molar-refractivity contribution in [3.63, 3.8) is 0 Å². The Morgan fingerprint density at radius 2 is 2.12 bits per heavy atom. The average Bonchev–Trinajstić information content (AvgIpc) is 3.16. The summed E-state index contributed by atoms with van der Waals surface area (Å²) < 4.78 is 24.4. The Hall–Kier alpha value is -1.69. The van der Waals surface area contributed by atoms with Crippen molar-refractivity contribution < 1.29 is 67.8 Å². The zero-order valence-electron chi connectivity index (χ0n) is 17.3. The number of carboxylic acids is 1. The number of sulfone groups is 1. The van der Waals surface area contributed by atoms with Crippen LogP contribution in [0.5, 0.6) is 0 Å². The van der Waals surface area contributed by atoms with E-state index in [1.807, 2.05) is 0 Å². The molecule has 17 heteroatoms. The molecule has 2 amide bonds. The number of anilines is 1. The Morgan fingerprint density at radius 1 is 1.42 bits per heavy atom. The molecule has 0 aromatic carbocycles. The topological polar surface area (TPSA) is 215 Å². The van der Waals surface area contributed by atoms with Gasteiger partial charge in [0.1, 0.15) is 17.1 Å². The molecule has 0 saturated carbocycles. The maximum atomic E-state index is 12.6. The van der Waals surface area contributed by atoms with E-state index in [0.29, 0.717) is 0 Å². The predicted octanol–water partition coefficient (Wildman–Crippen LogP) is -5.89. The Kier molecular flexibility index (Phi) is 9.32. The number of carboxylic acid groups (broad SMARTS) is 1. The number of thioether (sulfide) groups is 1. The summed E-state index contributed by atoms with van der Waals surface area (Å²) in [5.74, 6) is -4.37. The van der Waals surface area contributed by atoms with Gasteiger partial charge >= 0.3 is 29.6 Å². The van der Waals surface area contributed by atoms with Crippen molar-refractivity contribution in [1.82, 2.24) is 15.2 Å². The van der Waals surface area contributed by atoms with Gasteiger partial charge in [0.15, 0.2) is 20.7 Å². The molecule has 5 N–H and O–H groups in total. The summed E-state index contributed by atoms with van der Waals surface area (Å²) in [4.78, 5) is 41.5. The monoisotopic (exact) mass is 527 g/mol. The summed E-state index contributed by atoms with van der Waals surface area (Å²) in [5.41, 5.74) is 4.48.